The lowest BCUT2D eigenvalue weighted by atomic mass is 9.90. The zero-order valence-corrected chi connectivity index (χ0v) is 16.5. The van der Waals surface area contributed by atoms with E-state index < -0.39 is 0 Å². The molecule has 0 spiro atoms. The Morgan fingerprint density at radius 1 is 1.14 bits per heavy atom. The summed E-state index contributed by atoms with van der Waals surface area (Å²) in [6.45, 7) is 2.52. The highest BCUT2D eigenvalue weighted by molar-refractivity contribution is 5.79. The van der Waals surface area contributed by atoms with E-state index in [4.69, 9.17) is 9.47 Å². The number of rotatable bonds is 6. The molecule has 1 aliphatic heterocycles. The van der Waals surface area contributed by atoms with Crippen molar-refractivity contribution in [3.8, 4) is 11.5 Å². The molecule has 3 rings (SSSR count). The highest BCUT2D eigenvalue weighted by atomic mass is 16.5. The molecule has 6 nitrogen and oxygen atoms in total. The second-order valence-electron chi connectivity index (χ2n) is 6.84. The van der Waals surface area contributed by atoms with Crippen molar-refractivity contribution in [1.29, 1.82) is 0 Å². The summed E-state index contributed by atoms with van der Waals surface area (Å²) in [5.41, 5.74) is 3.09. The summed E-state index contributed by atoms with van der Waals surface area (Å²) in [4.78, 5) is 26.6. The lowest BCUT2D eigenvalue weighted by molar-refractivity contribution is -0.133. The van der Waals surface area contributed by atoms with Crippen molar-refractivity contribution in [3.63, 3.8) is 0 Å². The van der Waals surface area contributed by atoms with Crippen molar-refractivity contribution in [2.24, 2.45) is 0 Å². The van der Waals surface area contributed by atoms with Crippen molar-refractivity contribution in [3.05, 3.63) is 59.2 Å². The number of hydrogen-bond acceptors (Lipinski definition) is 4. The number of nitrogens with one attached hydrogen (secondary N) is 1. The summed E-state index contributed by atoms with van der Waals surface area (Å²) >= 11 is 0. The van der Waals surface area contributed by atoms with Gasteiger partial charge in [0.2, 0.25) is 11.8 Å². The van der Waals surface area contributed by atoms with Gasteiger partial charge in [-0.3, -0.25) is 9.59 Å². The third-order valence-electron chi connectivity index (χ3n) is 5.16. The van der Waals surface area contributed by atoms with Crippen LogP contribution in [-0.4, -0.2) is 37.5 Å². The van der Waals surface area contributed by atoms with Crippen LogP contribution in [0.15, 0.2) is 42.5 Å². The molecule has 2 amide bonds. The highest BCUT2D eigenvalue weighted by Gasteiger charge is 2.30. The molecule has 148 valence electrons. The van der Waals surface area contributed by atoms with Gasteiger partial charge in [0.05, 0.1) is 26.7 Å². The lowest BCUT2D eigenvalue weighted by Crippen LogP contribution is -2.41. The Hall–Kier alpha value is -3.02. The van der Waals surface area contributed by atoms with Crippen molar-refractivity contribution in [1.82, 2.24) is 10.2 Å². The van der Waals surface area contributed by atoms with Crippen LogP contribution in [-0.2, 0) is 22.6 Å². The van der Waals surface area contributed by atoms with Crippen LogP contribution in [0.25, 0.3) is 0 Å². The van der Waals surface area contributed by atoms with Gasteiger partial charge >= 0.3 is 0 Å². The Kier molecular flexibility index (Phi) is 6.19. The largest absolute Gasteiger partial charge is 0.497 e. The molecule has 1 heterocycles. The van der Waals surface area contributed by atoms with Crippen molar-refractivity contribution in [2.75, 3.05) is 20.8 Å². The predicted molar refractivity (Wildman–Crippen MR) is 106 cm³/mol. The normalized spacial score (nSPS) is 15.5. The molecule has 2 aromatic rings. The van der Waals surface area contributed by atoms with Crippen LogP contribution in [0.2, 0.25) is 0 Å². The third-order valence-corrected chi connectivity index (χ3v) is 5.16. The van der Waals surface area contributed by atoms with Crippen LogP contribution < -0.4 is 14.8 Å². The van der Waals surface area contributed by atoms with Gasteiger partial charge in [-0.1, -0.05) is 24.3 Å². The number of carbonyl (C=O) groups excluding carboxylic acids is 2. The fraction of sp³-hybridized carbons (Fsp3) is 0.364. The molecule has 0 saturated heterocycles. The zero-order chi connectivity index (χ0) is 20.1. The molecule has 0 fully saturated rings. The van der Waals surface area contributed by atoms with Crippen molar-refractivity contribution >= 4 is 11.8 Å². The number of amides is 2. The molecule has 1 unspecified atom stereocenters. The molecule has 1 aliphatic rings. The molecule has 0 aromatic heterocycles. The SMILES string of the molecule is COc1ccc(OC)c(CNC(=O)CC2c3ccccc3CCN2C(C)=O)c1. The smallest absolute Gasteiger partial charge is 0.222 e. The Labute approximate surface area is 165 Å². The van der Waals surface area contributed by atoms with E-state index in [0.717, 1.165) is 17.5 Å². The highest BCUT2D eigenvalue weighted by Crippen LogP contribution is 2.32. The van der Waals surface area contributed by atoms with Gasteiger partial charge in [0, 0.05) is 25.6 Å². The molecule has 0 bridgehead atoms. The third kappa shape index (κ3) is 4.27. The Balaban J connectivity index is 1.72. The number of fused-ring (bicyclic) bond motifs is 1. The molecule has 28 heavy (non-hydrogen) atoms. The Morgan fingerprint density at radius 3 is 2.64 bits per heavy atom. The van der Waals surface area contributed by atoms with Crippen LogP contribution in [0.3, 0.4) is 0 Å². The Bertz CT molecular complexity index is 865. The first kappa shape index (κ1) is 19.7. The molecule has 6 heteroatoms. The van der Waals surface area contributed by atoms with Crippen LogP contribution >= 0.6 is 0 Å². The van der Waals surface area contributed by atoms with Gasteiger partial charge in [-0.2, -0.15) is 0 Å². The van der Waals surface area contributed by atoms with Crippen molar-refractivity contribution in [2.45, 2.75) is 32.4 Å². The minimum absolute atomic E-state index is 0.0123. The molecule has 1 N–H and O–H groups in total. The van der Waals surface area contributed by atoms with E-state index in [1.54, 1.807) is 26.0 Å². The summed E-state index contributed by atoms with van der Waals surface area (Å²) in [6.07, 6.45) is 1.04. The van der Waals surface area contributed by atoms with E-state index in [0.29, 0.717) is 24.6 Å². The molecular weight excluding hydrogens is 356 g/mol. The topological polar surface area (TPSA) is 67.9 Å². The van der Waals surface area contributed by atoms with Crippen LogP contribution in [0.4, 0.5) is 0 Å². The molecule has 0 aliphatic carbocycles. The number of nitrogens with zero attached hydrogens (tertiary/aromatic N) is 1. The van der Waals surface area contributed by atoms with Gasteiger partial charge in [0.25, 0.3) is 0 Å². The van der Waals surface area contributed by atoms with E-state index in [-0.39, 0.29) is 24.3 Å². The first-order valence-corrected chi connectivity index (χ1v) is 9.36. The molecule has 0 radical (unpaired) electrons. The molecule has 0 saturated carbocycles. The fourth-order valence-electron chi connectivity index (χ4n) is 3.71. The van der Waals surface area contributed by atoms with Crippen molar-refractivity contribution < 1.29 is 19.1 Å². The standard InChI is InChI=1S/C22H26N2O4/c1-15(25)24-11-10-16-6-4-5-7-19(16)20(24)13-22(26)23-14-17-12-18(27-2)8-9-21(17)28-3/h4-9,12,20H,10-11,13-14H2,1-3H3,(H,23,26). The average Bonchev–Trinajstić information content (AvgIpc) is 2.72. The van der Waals surface area contributed by atoms with E-state index in [2.05, 4.69) is 11.4 Å². The first-order chi connectivity index (χ1) is 13.5. The van der Waals surface area contributed by atoms with Crippen LogP contribution in [0.5, 0.6) is 11.5 Å². The maximum Gasteiger partial charge on any atom is 0.222 e. The van der Waals surface area contributed by atoms with Gasteiger partial charge in [-0.25, -0.2) is 0 Å². The first-order valence-electron chi connectivity index (χ1n) is 9.36. The van der Waals surface area contributed by atoms with Gasteiger partial charge in [-0.15, -0.1) is 0 Å². The monoisotopic (exact) mass is 382 g/mol. The van der Waals surface area contributed by atoms with E-state index in [1.807, 2.05) is 36.4 Å². The van der Waals surface area contributed by atoms with Crippen LogP contribution in [0, 0.1) is 0 Å². The Morgan fingerprint density at radius 2 is 1.93 bits per heavy atom. The van der Waals surface area contributed by atoms with E-state index in [9.17, 15) is 9.59 Å². The number of carbonyl (C=O) groups is 2. The van der Waals surface area contributed by atoms with E-state index in [1.165, 1.54) is 5.56 Å². The molecule has 2 aromatic carbocycles. The summed E-state index contributed by atoms with van der Waals surface area (Å²) < 4.78 is 10.6. The number of methoxy groups -OCH3 is 2. The minimum Gasteiger partial charge on any atom is -0.497 e. The predicted octanol–water partition coefficient (Wildman–Crippen LogP) is 2.86. The summed E-state index contributed by atoms with van der Waals surface area (Å²) in [5, 5.41) is 2.95. The van der Waals surface area contributed by atoms with Crippen LogP contribution in [0.1, 0.15) is 36.1 Å². The number of benzene rings is 2. The van der Waals surface area contributed by atoms with Gasteiger partial charge in [-0.05, 0) is 35.7 Å². The molecular formula is C22H26N2O4. The van der Waals surface area contributed by atoms with Gasteiger partial charge < -0.3 is 19.7 Å². The fourth-order valence-corrected chi connectivity index (χ4v) is 3.71. The van der Waals surface area contributed by atoms with Gasteiger partial charge in [0.15, 0.2) is 0 Å². The average molecular weight is 382 g/mol. The quantitative estimate of drug-likeness (QED) is 0.834. The maximum atomic E-state index is 12.7. The maximum absolute atomic E-state index is 12.7. The second-order valence-corrected chi connectivity index (χ2v) is 6.84. The summed E-state index contributed by atoms with van der Waals surface area (Å²) in [7, 11) is 3.19. The summed E-state index contributed by atoms with van der Waals surface area (Å²) in [6, 6.07) is 13.3. The summed E-state index contributed by atoms with van der Waals surface area (Å²) in [5.74, 6) is 1.27. The van der Waals surface area contributed by atoms with Gasteiger partial charge in [0.1, 0.15) is 11.5 Å². The minimum atomic E-state index is -0.241. The second kappa shape index (κ2) is 8.78. The zero-order valence-electron chi connectivity index (χ0n) is 16.5. The lowest BCUT2D eigenvalue weighted by Gasteiger charge is -2.36. The van der Waals surface area contributed by atoms with E-state index >= 15 is 0 Å². The number of ether oxygens (including phenoxy) is 2. The molecule has 1 atom stereocenters. The number of hydrogen-bond donors (Lipinski definition) is 1.